The van der Waals surface area contributed by atoms with Gasteiger partial charge in [0.1, 0.15) is 17.6 Å². The molecule has 1 aromatic heterocycles. The first-order valence-corrected chi connectivity index (χ1v) is 6.98. The van der Waals surface area contributed by atoms with E-state index in [9.17, 15) is 4.79 Å². The third-order valence-corrected chi connectivity index (χ3v) is 3.40. The summed E-state index contributed by atoms with van der Waals surface area (Å²) in [5.41, 5.74) is 0.861. The topological polar surface area (TPSA) is 63.2 Å². The van der Waals surface area contributed by atoms with Crippen LogP contribution in [0, 0.1) is 5.92 Å². The Kier molecular flexibility index (Phi) is 4.62. The second-order valence-electron chi connectivity index (χ2n) is 5.24. The third-order valence-electron chi connectivity index (χ3n) is 3.40. The van der Waals surface area contributed by atoms with Crippen molar-refractivity contribution in [1.82, 2.24) is 10.3 Å². The first-order valence-electron chi connectivity index (χ1n) is 6.98. The molecule has 0 spiro atoms. The second kappa shape index (κ2) is 6.43. The minimum Gasteiger partial charge on any atom is -0.497 e. The van der Waals surface area contributed by atoms with Crippen molar-refractivity contribution in [3.8, 4) is 5.75 Å². The van der Waals surface area contributed by atoms with E-state index in [0.717, 1.165) is 16.7 Å². The van der Waals surface area contributed by atoms with E-state index in [0.29, 0.717) is 5.82 Å². The average molecular weight is 287 g/mol. The van der Waals surface area contributed by atoms with Crippen LogP contribution in [-0.4, -0.2) is 31.1 Å². The lowest BCUT2D eigenvalue weighted by molar-refractivity contribution is -0.122. The molecule has 0 saturated carbocycles. The van der Waals surface area contributed by atoms with Crippen molar-refractivity contribution in [2.24, 2.45) is 5.92 Å². The fourth-order valence-electron chi connectivity index (χ4n) is 2.16. The van der Waals surface area contributed by atoms with Crippen LogP contribution in [-0.2, 0) is 4.79 Å². The maximum absolute atomic E-state index is 11.9. The average Bonchev–Trinajstić information content (AvgIpc) is 2.50. The summed E-state index contributed by atoms with van der Waals surface area (Å²) in [5, 5.41) is 6.87. The molecule has 0 fully saturated rings. The van der Waals surface area contributed by atoms with Gasteiger partial charge in [0.05, 0.1) is 12.6 Å². The number of hydrogen-bond donors (Lipinski definition) is 2. The maximum Gasteiger partial charge on any atom is 0.242 e. The number of nitrogens with zero attached hydrogens (tertiary/aromatic N) is 1. The Morgan fingerprint density at radius 2 is 2.00 bits per heavy atom. The minimum absolute atomic E-state index is 0.0402. The van der Waals surface area contributed by atoms with Gasteiger partial charge in [0, 0.05) is 12.4 Å². The molecule has 2 aromatic rings. The molecule has 0 aliphatic carbocycles. The van der Waals surface area contributed by atoms with Gasteiger partial charge in [-0.15, -0.1) is 0 Å². The molecule has 0 bridgehead atoms. The van der Waals surface area contributed by atoms with Crippen molar-refractivity contribution < 1.29 is 9.53 Å². The van der Waals surface area contributed by atoms with Crippen molar-refractivity contribution in [1.29, 1.82) is 0 Å². The van der Waals surface area contributed by atoms with Gasteiger partial charge in [-0.3, -0.25) is 4.79 Å². The summed E-state index contributed by atoms with van der Waals surface area (Å²) in [4.78, 5) is 16.4. The summed E-state index contributed by atoms with van der Waals surface area (Å²) in [7, 11) is 3.28. The molecular weight excluding hydrogens is 266 g/mol. The zero-order valence-electron chi connectivity index (χ0n) is 12.8. The molecule has 0 aliphatic heterocycles. The van der Waals surface area contributed by atoms with Crippen molar-refractivity contribution in [2.45, 2.75) is 19.9 Å². The first-order chi connectivity index (χ1) is 10.0. The van der Waals surface area contributed by atoms with Gasteiger partial charge in [-0.1, -0.05) is 13.8 Å². The monoisotopic (exact) mass is 287 g/mol. The number of carbonyl (C=O) groups excluding carboxylic acids is 1. The minimum atomic E-state index is -0.307. The van der Waals surface area contributed by atoms with Crippen molar-refractivity contribution in [2.75, 3.05) is 19.5 Å². The number of amides is 1. The van der Waals surface area contributed by atoms with E-state index in [1.165, 1.54) is 0 Å². The molecule has 0 radical (unpaired) electrons. The van der Waals surface area contributed by atoms with Crippen molar-refractivity contribution >= 4 is 22.6 Å². The van der Waals surface area contributed by atoms with Gasteiger partial charge >= 0.3 is 0 Å². The highest BCUT2D eigenvalue weighted by molar-refractivity contribution is 5.86. The zero-order chi connectivity index (χ0) is 15.4. The molecule has 21 heavy (non-hydrogen) atoms. The molecule has 5 nitrogen and oxygen atoms in total. The number of carbonyl (C=O) groups is 1. The normalized spacial score (nSPS) is 12.2. The highest BCUT2D eigenvalue weighted by atomic mass is 16.5. The van der Waals surface area contributed by atoms with E-state index in [1.807, 2.05) is 44.2 Å². The molecule has 112 valence electrons. The molecular formula is C16H21N3O2. The summed E-state index contributed by atoms with van der Waals surface area (Å²) in [5.74, 6) is 1.62. The summed E-state index contributed by atoms with van der Waals surface area (Å²) in [6.45, 7) is 4.00. The quantitative estimate of drug-likeness (QED) is 0.886. The van der Waals surface area contributed by atoms with Gasteiger partial charge in [0.25, 0.3) is 0 Å². The van der Waals surface area contributed by atoms with Crippen LogP contribution in [0.25, 0.3) is 10.9 Å². The number of nitrogens with one attached hydrogen (secondary N) is 2. The standard InChI is InChI=1S/C16H21N3O2/c1-10(2)15(16(20)17-3)19-14-8-5-11-9-12(21-4)6-7-13(11)18-14/h5-10,15H,1-4H3,(H,17,20)(H,18,19). The van der Waals surface area contributed by atoms with Gasteiger partial charge < -0.3 is 15.4 Å². The second-order valence-corrected chi connectivity index (χ2v) is 5.24. The SMILES string of the molecule is CNC(=O)C(Nc1ccc2cc(OC)ccc2n1)C(C)C. The lowest BCUT2D eigenvalue weighted by atomic mass is 10.0. The molecule has 1 amide bonds. The van der Waals surface area contributed by atoms with E-state index in [4.69, 9.17) is 4.74 Å². The molecule has 2 rings (SSSR count). The number of methoxy groups -OCH3 is 1. The zero-order valence-corrected chi connectivity index (χ0v) is 12.8. The first kappa shape index (κ1) is 15.1. The third kappa shape index (κ3) is 3.42. The smallest absolute Gasteiger partial charge is 0.242 e. The Bertz CT molecular complexity index is 640. The molecule has 5 heteroatoms. The Hall–Kier alpha value is -2.30. The number of hydrogen-bond acceptors (Lipinski definition) is 4. The number of likely N-dealkylation sites (N-methyl/N-ethyl adjacent to an activating group) is 1. The number of ether oxygens (including phenoxy) is 1. The van der Waals surface area contributed by atoms with Crippen LogP contribution in [0.4, 0.5) is 5.82 Å². The number of benzene rings is 1. The molecule has 1 heterocycles. The summed E-state index contributed by atoms with van der Waals surface area (Å²) < 4.78 is 5.20. The molecule has 0 aliphatic rings. The lowest BCUT2D eigenvalue weighted by Crippen LogP contribution is -2.41. The van der Waals surface area contributed by atoms with E-state index in [2.05, 4.69) is 15.6 Å². The molecule has 1 aromatic carbocycles. The van der Waals surface area contributed by atoms with Gasteiger partial charge in [-0.05, 0) is 36.2 Å². The number of anilines is 1. The van der Waals surface area contributed by atoms with E-state index < -0.39 is 0 Å². The predicted molar refractivity (Wildman–Crippen MR) is 84.6 cm³/mol. The van der Waals surface area contributed by atoms with Crippen LogP contribution >= 0.6 is 0 Å². The maximum atomic E-state index is 11.9. The van der Waals surface area contributed by atoms with Crippen LogP contribution in [0.2, 0.25) is 0 Å². The number of pyridine rings is 1. The van der Waals surface area contributed by atoms with Gasteiger partial charge in [-0.2, -0.15) is 0 Å². The molecule has 1 unspecified atom stereocenters. The Morgan fingerprint density at radius 3 is 2.62 bits per heavy atom. The molecule has 1 atom stereocenters. The van der Waals surface area contributed by atoms with Crippen LogP contribution in [0.1, 0.15) is 13.8 Å². The lowest BCUT2D eigenvalue weighted by Gasteiger charge is -2.21. The van der Waals surface area contributed by atoms with Crippen LogP contribution in [0.3, 0.4) is 0 Å². The Morgan fingerprint density at radius 1 is 1.24 bits per heavy atom. The van der Waals surface area contributed by atoms with Gasteiger partial charge in [-0.25, -0.2) is 4.98 Å². The predicted octanol–water partition coefficient (Wildman–Crippen LogP) is 2.43. The fourth-order valence-corrected chi connectivity index (χ4v) is 2.16. The summed E-state index contributed by atoms with van der Waals surface area (Å²) in [6, 6.07) is 9.25. The van der Waals surface area contributed by atoms with Crippen LogP contribution in [0.5, 0.6) is 5.75 Å². The largest absolute Gasteiger partial charge is 0.497 e. The Balaban J connectivity index is 2.28. The van der Waals surface area contributed by atoms with Gasteiger partial charge in [0.15, 0.2) is 0 Å². The number of fused-ring (bicyclic) bond motifs is 1. The summed E-state index contributed by atoms with van der Waals surface area (Å²) >= 11 is 0. The van der Waals surface area contributed by atoms with Crippen LogP contribution in [0.15, 0.2) is 30.3 Å². The van der Waals surface area contributed by atoms with Gasteiger partial charge in [0.2, 0.25) is 5.91 Å². The number of rotatable bonds is 5. The van der Waals surface area contributed by atoms with Crippen molar-refractivity contribution in [3.63, 3.8) is 0 Å². The highest BCUT2D eigenvalue weighted by Gasteiger charge is 2.21. The van der Waals surface area contributed by atoms with E-state index in [1.54, 1.807) is 14.2 Å². The number of aromatic nitrogens is 1. The van der Waals surface area contributed by atoms with Crippen molar-refractivity contribution in [3.05, 3.63) is 30.3 Å². The summed E-state index contributed by atoms with van der Waals surface area (Å²) in [6.07, 6.45) is 0. The fraction of sp³-hybridized carbons (Fsp3) is 0.375. The van der Waals surface area contributed by atoms with E-state index in [-0.39, 0.29) is 17.9 Å². The van der Waals surface area contributed by atoms with Crippen LogP contribution < -0.4 is 15.4 Å². The Labute approximate surface area is 124 Å². The van der Waals surface area contributed by atoms with E-state index >= 15 is 0 Å². The highest BCUT2D eigenvalue weighted by Crippen LogP contribution is 2.21. The molecule has 2 N–H and O–H groups in total. The molecule has 0 saturated heterocycles.